The predicted octanol–water partition coefficient (Wildman–Crippen LogP) is 7.12. The Labute approximate surface area is 385 Å². The van der Waals surface area contributed by atoms with Crippen LogP contribution in [0.2, 0.25) is 0 Å². The van der Waals surface area contributed by atoms with Crippen molar-refractivity contribution in [3.63, 3.8) is 0 Å². The molecular formula is C48H66N8O6S2. The van der Waals surface area contributed by atoms with E-state index >= 15 is 0 Å². The number of fused-ring (bicyclic) bond motifs is 2. The molecule has 0 bridgehead atoms. The van der Waals surface area contributed by atoms with Crippen molar-refractivity contribution in [1.82, 2.24) is 28.9 Å². The van der Waals surface area contributed by atoms with E-state index in [9.17, 15) is 9.59 Å². The molecule has 4 heterocycles. The first-order valence-corrected chi connectivity index (χ1v) is 25.5. The fraction of sp³-hybridized carbons (Fsp3) is 0.583. The van der Waals surface area contributed by atoms with E-state index in [-0.39, 0.29) is 23.9 Å². The van der Waals surface area contributed by atoms with Gasteiger partial charge in [-0.1, -0.05) is 45.9 Å². The largest absolute Gasteiger partial charge is 0.496 e. The maximum absolute atomic E-state index is 14.3. The first kappa shape index (κ1) is 46.5. The zero-order valence-corrected chi connectivity index (χ0v) is 39.4. The van der Waals surface area contributed by atoms with Crippen molar-refractivity contribution in [2.75, 3.05) is 53.0 Å². The van der Waals surface area contributed by atoms with Gasteiger partial charge in [0.2, 0.25) is 11.8 Å². The highest BCUT2D eigenvalue weighted by Crippen LogP contribution is 2.42. The highest BCUT2D eigenvalue weighted by Gasteiger charge is 2.40. The molecule has 0 spiro atoms. The van der Waals surface area contributed by atoms with Crippen molar-refractivity contribution in [2.45, 2.75) is 114 Å². The van der Waals surface area contributed by atoms with Gasteiger partial charge in [-0.25, -0.2) is 9.97 Å². The van der Waals surface area contributed by atoms with Gasteiger partial charge < -0.3 is 49.3 Å². The molecule has 2 fully saturated rings. The molecule has 2 amide bonds. The Bertz CT molecular complexity index is 2030. The Morgan fingerprint density at radius 3 is 1.38 bits per heavy atom. The third-order valence-corrected chi connectivity index (χ3v) is 16.5. The number of carbonyl (C=O) groups excluding carboxylic acids is 2. The first-order chi connectivity index (χ1) is 31.2. The minimum atomic E-state index is -0.720. The molecule has 0 saturated heterocycles. The summed E-state index contributed by atoms with van der Waals surface area (Å²) in [4.78, 5) is 43.0. The van der Waals surface area contributed by atoms with Crippen molar-refractivity contribution in [1.29, 1.82) is 0 Å². The molecule has 2 aliphatic heterocycles. The molecule has 2 aromatic carbocycles. The van der Waals surface area contributed by atoms with Gasteiger partial charge in [-0.2, -0.15) is 0 Å². The topological polar surface area (TPSA) is 165 Å². The average molecular weight is 915 g/mol. The summed E-state index contributed by atoms with van der Waals surface area (Å²) >= 11 is 0. The fourth-order valence-electron chi connectivity index (χ4n) is 10.4. The second-order valence-electron chi connectivity index (χ2n) is 17.9. The summed E-state index contributed by atoms with van der Waals surface area (Å²) in [5.41, 5.74) is 17.0. The zero-order chi connectivity index (χ0) is 44.7. The Balaban J connectivity index is 0.913. The number of para-hydroxylation sites is 2. The molecule has 4 aromatic rings. The van der Waals surface area contributed by atoms with Crippen LogP contribution in [0.4, 0.5) is 0 Å². The summed E-state index contributed by atoms with van der Waals surface area (Å²) < 4.78 is 27.1. The molecule has 16 heteroatoms. The molecule has 346 valence electrons. The number of hydrogen-bond acceptors (Lipinski definition) is 12. The first-order valence-electron chi connectivity index (χ1n) is 23.0. The van der Waals surface area contributed by atoms with Gasteiger partial charge in [0.25, 0.3) is 0 Å². The lowest BCUT2D eigenvalue weighted by atomic mass is 9.82. The van der Waals surface area contributed by atoms with Gasteiger partial charge >= 0.3 is 0 Å². The summed E-state index contributed by atoms with van der Waals surface area (Å²) in [6.45, 7) is 2.38. The van der Waals surface area contributed by atoms with Crippen LogP contribution < -0.4 is 20.9 Å². The summed E-state index contributed by atoms with van der Waals surface area (Å²) in [6.07, 6.45) is 14.7. The number of imidazole rings is 2. The Hall–Kier alpha value is -4.06. The number of methoxy groups -OCH3 is 4. The Morgan fingerprint density at radius 1 is 0.609 bits per heavy atom. The van der Waals surface area contributed by atoms with E-state index in [0.717, 1.165) is 110 Å². The normalized spacial score (nSPS) is 24.4. The van der Waals surface area contributed by atoms with Crippen LogP contribution in [0.15, 0.2) is 60.9 Å². The molecule has 8 rings (SSSR count). The van der Waals surface area contributed by atoms with Crippen LogP contribution in [-0.4, -0.2) is 118 Å². The minimum Gasteiger partial charge on any atom is -0.496 e. The van der Waals surface area contributed by atoms with Crippen LogP contribution in [0.1, 0.15) is 87.9 Å². The second kappa shape index (κ2) is 21.5. The molecule has 64 heavy (non-hydrogen) atoms. The van der Waals surface area contributed by atoms with E-state index in [4.69, 9.17) is 40.4 Å². The lowest BCUT2D eigenvalue weighted by Gasteiger charge is -2.40. The van der Waals surface area contributed by atoms with Crippen molar-refractivity contribution < 1.29 is 28.5 Å². The molecule has 4 N–H and O–H groups in total. The van der Waals surface area contributed by atoms with Crippen LogP contribution in [-0.2, 0) is 32.2 Å². The number of rotatable bonds is 17. The van der Waals surface area contributed by atoms with Gasteiger partial charge in [0.1, 0.15) is 23.1 Å². The quantitative estimate of drug-likeness (QED) is 0.0815. The number of amides is 2. The predicted molar refractivity (Wildman–Crippen MR) is 253 cm³/mol. The number of hydrogen-bond donors (Lipinski definition) is 2. The van der Waals surface area contributed by atoms with E-state index in [1.807, 2.05) is 58.3 Å². The lowest BCUT2D eigenvalue weighted by Crippen LogP contribution is -2.51. The van der Waals surface area contributed by atoms with Crippen molar-refractivity contribution >= 4 is 33.4 Å². The van der Waals surface area contributed by atoms with Gasteiger partial charge in [-0.15, -0.1) is 0 Å². The maximum atomic E-state index is 14.3. The molecule has 4 atom stereocenters. The molecular weight excluding hydrogens is 849 g/mol. The molecule has 4 unspecified atom stereocenters. The van der Waals surface area contributed by atoms with Crippen molar-refractivity contribution in [2.24, 2.45) is 23.3 Å². The molecule has 2 aliphatic carbocycles. The number of aromatic nitrogens is 4. The number of ether oxygens (including phenoxy) is 4. The Kier molecular flexibility index (Phi) is 15.6. The number of benzene rings is 2. The fourth-order valence-corrected chi connectivity index (χ4v) is 12.6. The molecule has 4 aliphatic rings. The molecule has 14 nitrogen and oxygen atoms in total. The second-order valence-corrected chi connectivity index (χ2v) is 20.4. The van der Waals surface area contributed by atoms with Gasteiger partial charge in [-0.05, 0) is 100 Å². The smallest absolute Gasteiger partial charge is 0.241 e. The van der Waals surface area contributed by atoms with Gasteiger partial charge in [-0.3, -0.25) is 9.59 Å². The van der Waals surface area contributed by atoms with E-state index < -0.39 is 12.1 Å². The number of nitrogens with two attached hydrogens (primary N) is 2. The van der Waals surface area contributed by atoms with Gasteiger partial charge in [0, 0.05) is 75.4 Å². The number of carbonyl (C=O) groups is 2. The van der Waals surface area contributed by atoms with Crippen LogP contribution in [0.3, 0.4) is 0 Å². The molecule has 2 aromatic heterocycles. The molecule has 0 radical (unpaired) electrons. The van der Waals surface area contributed by atoms with Crippen LogP contribution >= 0.6 is 21.6 Å². The SMILES string of the molecule is COc1ccccc1-c1cn2c(n1)C(CC1CCC(OC)CC1)N(C(=O)C(N)CSSCC(N)C(=O)N1CCn3cc(-c4ccccc4OC)nc3C1CC1CCC(OC)CC1)CC2. The van der Waals surface area contributed by atoms with E-state index in [1.54, 1.807) is 28.4 Å². The maximum Gasteiger partial charge on any atom is 0.241 e. The number of nitrogens with zero attached hydrogens (tertiary/aromatic N) is 6. The highest BCUT2D eigenvalue weighted by atomic mass is 33.1. The van der Waals surface area contributed by atoms with E-state index in [0.29, 0.717) is 61.7 Å². The van der Waals surface area contributed by atoms with Crippen LogP contribution in [0, 0.1) is 11.8 Å². The Morgan fingerprint density at radius 2 is 1.00 bits per heavy atom. The summed E-state index contributed by atoms with van der Waals surface area (Å²) in [5.74, 6) is 4.86. The van der Waals surface area contributed by atoms with E-state index in [1.165, 1.54) is 21.6 Å². The third kappa shape index (κ3) is 10.3. The standard InChI is InChI=1S/C48H66N8O6S2/c1-59-33-17-13-31(14-18-33)25-41-45-51-39(35-9-5-7-11-43(35)61-3)27-53(45)21-23-55(41)47(57)37(49)29-63-64-30-38(50)48(58)56-24-22-54-28-40(36-10-6-8-12-44(36)62-4)52-46(54)42(56)26-32-15-19-34(60-2)20-16-32/h5-12,27-28,31-34,37-38,41-42H,13-26,29-30,49-50H2,1-4H3. The van der Waals surface area contributed by atoms with Crippen LogP contribution in [0.25, 0.3) is 22.5 Å². The monoisotopic (exact) mass is 914 g/mol. The van der Waals surface area contributed by atoms with Gasteiger partial charge in [0.05, 0.1) is 62.0 Å². The van der Waals surface area contributed by atoms with Crippen molar-refractivity contribution in [3.05, 3.63) is 72.6 Å². The minimum absolute atomic E-state index is 0.0733. The summed E-state index contributed by atoms with van der Waals surface area (Å²) in [5, 5.41) is 0. The zero-order valence-electron chi connectivity index (χ0n) is 37.8. The average Bonchev–Trinajstić information content (AvgIpc) is 3.99. The summed E-state index contributed by atoms with van der Waals surface area (Å²) in [6, 6.07) is 14.0. The van der Waals surface area contributed by atoms with Crippen molar-refractivity contribution in [3.8, 4) is 34.0 Å². The lowest BCUT2D eigenvalue weighted by molar-refractivity contribution is -0.137. The third-order valence-electron chi connectivity index (χ3n) is 14.0. The van der Waals surface area contributed by atoms with Gasteiger partial charge in [0.15, 0.2) is 0 Å². The summed E-state index contributed by atoms with van der Waals surface area (Å²) in [7, 11) is 9.95. The highest BCUT2D eigenvalue weighted by molar-refractivity contribution is 8.76. The van der Waals surface area contributed by atoms with E-state index in [2.05, 4.69) is 21.5 Å². The molecule has 2 saturated carbocycles. The van der Waals surface area contributed by atoms with Crippen LogP contribution in [0.5, 0.6) is 11.5 Å².